The van der Waals surface area contributed by atoms with E-state index in [2.05, 4.69) is 17.4 Å². The quantitative estimate of drug-likeness (QED) is 0.896. The molecule has 24 heavy (non-hydrogen) atoms. The first-order chi connectivity index (χ1) is 11.7. The van der Waals surface area contributed by atoms with Crippen molar-refractivity contribution >= 4 is 5.91 Å². The standard InChI is InChI=1S/C20H28N2O2/c21-18-13-20(18)9-5-17(6-10-20)22-19(23)16-3-1-14(2-4-16)15-7-11-24-12-8-15/h1-4,15,17-18H,5-13,21H2,(H,22,23). The summed E-state index contributed by atoms with van der Waals surface area (Å²) < 4.78 is 5.42. The van der Waals surface area contributed by atoms with Gasteiger partial charge in [-0.05, 0) is 74.0 Å². The van der Waals surface area contributed by atoms with Crippen LogP contribution in [-0.4, -0.2) is 31.2 Å². The molecule has 0 radical (unpaired) electrons. The van der Waals surface area contributed by atoms with Gasteiger partial charge in [0.05, 0.1) is 0 Å². The lowest BCUT2D eigenvalue weighted by Crippen LogP contribution is -2.38. The van der Waals surface area contributed by atoms with Gasteiger partial charge in [-0.2, -0.15) is 0 Å². The van der Waals surface area contributed by atoms with Crippen LogP contribution in [0.4, 0.5) is 0 Å². The van der Waals surface area contributed by atoms with Crippen molar-refractivity contribution in [3.05, 3.63) is 35.4 Å². The molecule has 1 aromatic carbocycles. The zero-order valence-corrected chi connectivity index (χ0v) is 14.3. The molecule has 2 saturated carbocycles. The molecule has 4 nitrogen and oxygen atoms in total. The molecular formula is C20H28N2O2. The van der Waals surface area contributed by atoms with Crippen LogP contribution in [0.2, 0.25) is 0 Å². The first-order valence-electron chi connectivity index (χ1n) is 9.40. The fraction of sp³-hybridized carbons (Fsp3) is 0.650. The highest BCUT2D eigenvalue weighted by Crippen LogP contribution is 2.55. The van der Waals surface area contributed by atoms with Crippen molar-refractivity contribution in [3.8, 4) is 0 Å². The Morgan fingerprint density at radius 1 is 1.08 bits per heavy atom. The average molecular weight is 328 g/mol. The minimum Gasteiger partial charge on any atom is -0.381 e. The monoisotopic (exact) mass is 328 g/mol. The molecule has 3 fully saturated rings. The minimum atomic E-state index is 0.0644. The molecule has 3 N–H and O–H groups in total. The van der Waals surface area contributed by atoms with Crippen LogP contribution in [0.5, 0.6) is 0 Å². The maximum atomic E-state index is 12.5. The number of rotatable bonds is 3. The van der Waals surface area contributed by atoms with Gasteiger partial charge in [-0.25, -0.2) is 0 Å². The van der Waals surface area contributed by atoms with Gasteiger partial charge in [0.1, 0.15) is 0 Å². The SMILES string of the molecule is NC1CC12CCC(NC(=O)c1ccc(C3CCOCC3)cc1)CC2. The minimum absolute atomic E-state index is 0.0644. The van der Waals surface area contributed by atoms with Gasteiger partial charge in [-0.15, -0.1) is 0 Å². The molecule has 130 valence electrons. The van der Waals surface area contributed by atoms with Gasteiger partial charge in [0, 0.05) is 30.9 Å². The van der Waals surface area contributed by atoms with E-state index in [1.54, 1.807) is 0 Å². The summed E-state index contributed by atoms with van der Waals surface area (Å²) in [6.45, 7) is 1.69. The maximum Gasteiger partial charge on any atom is 0.251 e. The Morgan fingerprint density at radius 3 is 2.29 bits per heavy atom. The zero-order valence-electron chi connectivity index (χ0n) is 14.3. The number of ether oxygens (including phenoxy) is 1. The average Bonchev–Trinajstić information content (AvgIpc) is 3.26. The van der Waals surface area contributed by atoms with E-state index in [0.29, 0.717) is 23.4 Å². The second kappa shape index (κ2) is 6.49. The summed E-state index contributed by atoms with van der Waals surface area (Å²) in [5.41, 5.74) is 8.58. The van der Waals surface area contributed by atoms with Gasteiger partial charge in [0.25, 0.3) is 5.91 Å². The molecule has 2 aliphatic carbocycles. The Hall–Kier alpha value is -1.39. The Kier molecular flexibility index (Phi) is 4.35. The number of nitrogens with one attached hydrogen (secondary N) is 1. The van der Waals surface area contributed by atoms with E-state index in [4.69, 9.17) is 10.5 Å². The Bertz CT molecular complexity index is 584. The molecular weight excluding hydrogens is 300 g/mol. The molecule has 1 atom stereocenters. The van der Waals surface area contributed by atoms with Crippen molar-refractivity contribution in [2.75, 3.05) is 13.2 Å². The van der Waals surface area contributed by atoms with Crippen LogP contribution >= 0.6 is 0 Å². The number of carbonyl (C=O) groups excluding carboxylic acids is 1. The number of benzene rings is 1. The van der Waals surface area contributed by atoms with E-state index in [-0.39, 0.29) is 5.91 Å². The summed E-state index contributed by atoms with van der Waals surface area (Å²) in [5.74, 6) is 0.641. The largest absolute Gasteiger partial charge is 0.381 e. The summed E-state index contributed by atoms with van der Waals surface area (Å²) >= 11 is 0. The van der Waals surface area contributed by atoms with Gasteiger partial charge >= 0.3 is 0 Å². The second-order valence-corrected chi connectivity index (χ2v) is 7.93. The molecule has 1 heterocycles. The lowest BCUT2D eigenvalue weighted by atomic mass is 9.82. The van der Waals surface area contributed by atoms with Crippen LogP contribution in [0.25, 0.3) is 0 Å². The summed E-state index contributed by atoms with van der Waals surface area (Å²) in [5, 5.41) is 3.21. The fourth-order valence-corrected chi connectivity index (χ4v) is 4.50. The van der Waals surface area contributed by atoms with Crippen LogP contribution in [0.1, 0.15) is 66.8 Å². The summed E-state index contributed by atoms with van der Waals surface area (Å²) in [4.78, 5) is 12.5. The van der Waals surface area contributed by atoms with Crippen molar-refractivity contribution in [1.29, 1.82) is 0 Å². The van der Waals surface area contributed by atoms with Crippen molar-refractivity contribution in [3.63, 3.8) is 0 Å². The third-order valence-corrected chi connectivity index (χ3v) is 6.44. The van der Waals surface area contributed by atoms with Crippen molar-refractivity contribution in [2.24, 2.45) is 11.1 Å². The number of amides is 1. The molecule has 0 aromatic heterocycles. The van der Waals surface area contributed by atoms with Crippen LogP contribution in [-0.2, 0) is 4.74 Å². The number of hydrogen-bond donors (Lipinski definition) is 2. The second-order valence-electron chi connectivity index (χ2n) is 7.93. The van der Waals surface area contributed by atoms with E-state index in [0.717, 1.165) is 44.5 Å². The van der Waals surface area contributed by atoms with Crippen molar-refractivity contribution in [2.45, 2.75) is 62.9 Å². The van der Waals surface area contributed by atoms with E-state index < -0.39 is 0 Å². The first kappa shape index (κ1) is 16.1. The molecule has 4 heteroatoms. The third kappa shape index (κ3) is 3.22. The number of hydrogen-bond acceptors (Lipinski definition) is 3. The van der Waals surface area contributed by atoms with Crippen LogP contribution in [0, 0.1) is 5.41 Å². The Morgan fingerprint density at radius 2 is 1.71 bits per heavy atom. The molecule has 1 aliphatic heterocycles. The molecule has 0 bridgehead atoms. The maximum absolute atomic E-state index is 12.5. The van der Waals surface area contributed by atoms with E-state index in [1.807, 2.05) is 12.1 Å². The molecule has 1 spiro atoms. The Balaban J connectivity index is 1.31. The topological polar surface area (TPSA) is 64.3 Å². The van der Waals surface area contributed by atoms with Gasteiger partial charge in [-0.3, -0.25) is 4.79 Å². The first-order valence-corrected chi connectivity index (χ1v) is 9.40. The van der Waals surface area contributed by atoms with Gasteiger partial charge in [-0.1, -0.05) is 12.1 Å². The zero-order chi connectivity index (χ0) is 16.6. The Labute approximate surface area is 144 Å². The normalized spacial score (nSPS) is 33.4. The lowest BCUT2D eigenvalue weighted by Gasteiger charge is -2.29. The van der Waals surface area contributed by atoms with Crippen LogP contribution in [0.15, 0.2) is 24.3 Å². The van der Waals surface area contributed by atoms with Crippen LogP contribution < -0.4 is 11.1 Å². The molecule has 4 rings (SSSR count). The smallest absolute Gasteiger partial charge is 0.251 e. The van der Waals surface area contributed by atoms with Crippen molar-refractivity contribution in [1.82, 2.24) is 5.32 Å². The van der Waals surface area contributed by atoms with Crippen molar-refractivity contribution < 1.29 is 9.53 Å². The lowest BCUT2D eigenvalue weighted by molar-refractivity contribution is 0.0852. The predicted molar refractivity (Wildman–Crippen MR) is 94.0 cm³/mol. The summed E-state index contributed by atoms with van der Waals surface area (Å²) in [6.07, 6.45) is 7.82. The predicted octanol–water partition coefficient (Wildman–Crippen LogP) is 2.97. The van der Waals surface area contributed by atoms with E-state index in [9.17, 15) is 4.79 Å². The molecule has 1 amide bonds. The number of nitrogens with two attached hydrogens (primary N) is 1. The van der Waals surface area contributed by atoms with E-state index >= 15 is 0 Å². The van der Waals surface area contributed by atoms with Gasteiger partial charge < -0.3 is 15.8 Å². The molecule has 1 aromatic rings. The number of carbonyl (C=O) groups is 1. The van der Waals surface area contributed by atoms with Gasteiger partial charge in [0.2, 0.25) is 0 Å². The molecule has 1 saturated heterocycles. The highest BCUT2D eigenvalue weighted by atomic mass is 16.5. The summed E-state index contributed by atoms with van der Waals surface area (Å²) in [7, 11) is 0. The molecule has 3 aliphatic rings. The highest BCUT2D eigenvalue weighted by molar-refractivity contribution is 5.94. The van der Waals surface area contributed by atoms with Crippen LogP contribution in [0.3, 0.4) is 0 Å². The fourth-order valence-electron chi connectivity index (χ4n) is 4.50. The summed E-state index contributed by atoms with van der Waals surface area (Å²) in [6, 6.07) is 8.90. The highest BCUT2D eigenvalue weighted by Gasteiger charge is 2.52. The van der Waals surface area contributed by atoms with E-state index in [1.165, 1.54) is 24.8 Å². The third-order valence-electron chi connectivity index (χ3n) is 6.44. The molecule has 1 unspecified atom stereocenters. The van der Waals surface area contributed by atoms with Gasteiger partial charge in [0.15, 0.2) is 0 Å².